The van der Waals surface area contributed by atoms with Crippen LogP contribution in [0.2, 0.25) is 0 Å². The summed E-state index contributed by atoms with van der Waals surface area (Å²) in [6.45, 7) is 14.7. The maximum Gasteiger partial charge on any atom is 0.316 e. The summed E-state index contributed by atoms with van der Waals surface area (Å²) in [6.07, 6.45) is -2.04. The number of cyclic esters (lactones) is 1. The van der Waals surface area contributed by atoms with Crippen molar-refractivity contribution in [3.05, 3.63) is 36.2 Å². The number of ketones is 1. The minimum Gasteiger partial charge on any atom is -0.459 e. The van der Waals surface area contributed by atoms with Crippen LogP contribution in [0.25, 0.3) is 11.3 Å². The molecule has 3 aliphatic rings. The lowest BCUT2D eigenvalue weighted by molar-refractivity contribution is -0.296. The molecule has 5 rings (SSSR count). The number of carbonyl (C=O) groups is 3. The van der Waals surface area contributed by atoms with E-state index in [0.717, 1.165) is 5.56 Å². The number of nitrogens with two attached hydrogens (primary N) is 1. The molecular weight excluding hydrogens is 791 g/mol. The number of hydrogen-bond acceptors (Lipinski definition) is 16. The van der Waals surface area contributed by atoms with Gasteiger partial charge < -0.3 is 53.8 Å². The van der Waals surface area contributed by atoms with Crippen molar-refractivity contribution in [2.45, 2.75) is 142 Å². The molecule has 0 spiro atoms. The van der Waals surface area contributed by atoms with Crippen LogP contribution in [0.1, 0.15) is 87.1 Å². The Morgan fingerprint density at radius 1 is 1.10 bits per heavy atom. The molecule has 0 unspecified atom stereocenters. The first kappa shape index (κ1) is 47.9. The molecule has 61 heavy (non-hydrogen) atoms. The van der Waals surface area contributed by atoms with Crippen LogP contribution < -0.4 is 5.73 Å². The van der Waals surface area contributed by atoms with Gasteiger partial charge in [-0.15, -0.1) is 0 Å². The van der Waals surface area contributed by atoms with E-state index in [1.807, 2.05) is 38.9 Å². The summed E-state index contributed by atoms with van der Waals surface area (Å²) < 4.78 is 37.7. The summed E-state index contributed by atoms with van der Waals surface area (Å²) in [5.41, 5.74) is 5.22. The maximum atomic E-state index is 14.5. The van der Waals surface area contributed by atoms with Gasteiger partial charge in [-0.1, -0.05) is 38.9 Å². The van der Waals surface area contributed by atoms with Crippen molar-refractivity contribution in [3.63, 3.8) is 0 Å². The number of fused-ring (bicyclic) bond motifs is 5. The number of aliphatic hydroxyl groups is 2. The zero-order valence-corrected chi connectivity index (χ0v) is 37.3. The topological polar surface area (TPSA) is 227 Å². The number of likely N-dealkylation sites (N-methyl/N-ethyl adjacent to an activating group) is 1. The summed E-state index contributed by atoms with van der Waals surface area (Å²) in [5.74, 6) is -5.11. The number of aliphatic imine (C=N–C) groups is 1. The van der Waals surface area contributed by atoms with Gasteiger partial charge >= 0.3 is 5.97 Å². The molecule has 3 fully saturated rings. The van der Waals surface area contributed by atoms with Crippen molar-refractivity contribution in [3.8, 4) is 11.3 Å². The predicted octanol–water partition coefficient (Wildman–Crippen LogP) is 4.36. The Hall–Kier alpha value is -4.10. The smallest absolute Gasteiger partial charge is 0.316 e. The highest BCUT2D eigenvalue weighted by atomic mass is 16.7. The van der Waals surface area contributed by atoms with E-state index in [9.17, 15) is 24.6 Å². The first-order valence-electron chi connectivity index (χ1n) is 21.1. The summed E-state index contributed by atoms with van der Waals surface area (Å²) in [4.78, 5) is 58.0. The van der Waals surface area contributed by atoms with Crippen molar-refractivity contribution in [1.29, 1.82) is 0 Å². The van der Waals surface area contributed by atoms with Crippen molar-refractivity contribution >= 4 is 35.0 Å². The summed E-state index contributed by atoms with van der Waals surface area (Å²) in [7, 11) is 3.72. The molecule has 13 atom stereocenters. The molecule has 0 radical (unpaired) electrons. The van der Waals surface area contributed by atoms with E-state index >= 15 is 0 Å². The van der Waals surface area contributed by atoms with E-state index in [0.29, 0.717) is 23.4 Å². The van der Waals surface area contributed by atoms with Crippen LogP contribution in [-0.2, 0) is 49.5 Å². The van der Waals surface area contributed by atoms with Crippen LogP contribution in [0.4, 0.5) is 5.88 Å². The number of Topliss-reactive ketones (excluding diaryl/α,β-unsaturated/α-hetero) is 1. The number of anilines is 1. The SMILES string of the molecule is CC[C@H]1OC(=O)[C@H](C)C(=O)[C@H](C)[C@@H](O[C@@H]2O[C@H](C)C[C@H](N(C)C)[C@H]2O)[C@@]2(C)C[C@@H](C)C(=NC(C)=O)[C@H](C)[C@H](OC/C(=N\OCc3ccc(-c4coc(N)c4)nc3)CO2)[C@]1(C)O. The van der Waals surface area contributed by atoms with E-state index in [1.165, 1.54) is 27.0 Å². The molecule has 3 saturated heterocycles. The molecule has 17 heteroatoms. The van der Waals surface area contributed by atoms with Gasteiger partial charge in [-0.05, 0) is 73.0 Å². The Labute approximate surface area is 358 Å². The number of nitrogens with zero attached hydrogens (tertiary/aromatic N) is 4. The second kappa shape index (κ2) is 19.9. The average Bonchev–Trinajstić information content (AvgIpc) is 3.64. The van der Waals surface area contributed by atoms with Gasteiger partial charge in [0.15, 0.2) is 18.0 Å². The van der Waals surface area contributed by atoms with Crippen molar-refractivity contribution in [2.24, 2.45) is 33.8 Å². The number of rotatable bonds is 8. The Morgan fingerprint density at radius 3 is 2.43 bits per heavy atom. The van der Waals surface area contributed by atoms with Crippen LogP contribution in [0.15, 0.2) is 45.2 Å². The highest BCUT2D eigenvalue weighted by Crippen LogP contribution is 2.40. The van der Waals surface area contributed by atoms with E-state index in [-0.39, 0.29) is 56.4 Å². The Kier molecular flexibility index (Phi) is 15.7. The standard InChI is InChI=1S/C44H65N5O12/c1-12-34-44(9,54)40-25(4)36(47-28(7)50)23(2)17-43(8,57-22-31(21-56-40)48-58-19-29-13-14-32(46-18-29)30-16-35(45)55-20-30)39(26(5)37(51)27(6)41(53)60-34)61-42-38(52)33(49(10)11)15-24(3)59-42/h13-14,16,18,20,23-27,33-34,38-40,42,52,54H,12,15,17,19,21-22,45H2,1-11H3/b47-36?,48-31+/t23-,24-,25+,26+,27-,33+,34-,38-,39-,40+,42+,43-,44-/m1/s1. The van der Waals surface area contributed by atoms with E-state index in [1.54, 1.807) is 46.0 Å². The molecule has 1 amide bonds. The molecule has 2 aromatic rings. The van der Waals surface area contributed by atoms with Gasteiger partial charge in [-0.3, -0.25) is 19.4 Å². The number of ether oxygens (including phenoxy) is 5. The fourth-order valence-electron chi connectivity index (χ4n) is 8.97. The van der Waals surface area contributed by atoms with E-state index < -0.39 is 83.2 Å². The summed E-state index contributed by atoms with van der Waals surface area (Å²) in [6, 6.07) is 4.98. The minimum atomic E-state index is -1.86. The summed E-state index contributed by atoms with van der Waals surface area (Å²) in [5, 5.41) is 28.6. The monoisotopic (exact) mass is 855 g/mol. The van der Waals surface area contributed by atoms with Crippen molar-refractivity contribution < 1.29 is 57.5 Å². The third-order valence-electron chi connectivity index (χ3n) is 12.3. The normalized spacial score (nSPS) is 37.2. The second-order valence-corrected chi connectivity index (χ2v) is 17.6. The summed E-state index contributed by atoms with van der Waals surface area (Å²) >= 11 is 0. The van der Waals surface area contributed by atoms with E-state index in [4.69, 9.17) is 38.7 Å². The van der Waals surface area contributed by atoms with Gasteiger partial charge in [-0.2, -0.15) is 0 Å². The molecule has 3 aliphatic heterocycles. The zero-order chi connectivity index (χ0) is 45.0. The number of pyridine rings is 1. The van der Waals surface area contributed by atoms with Crippen molar-refractivity contribution in [1.82, 2.24) is 9.88 Å². The Balaban J connectivity index is 1.63. The van der Waals surface area contributed by atoms with Gasteiger partial charge in [0, 0.05) is 53.9 Å². The van der Waals surface area contributed by atoms with Gasteiger partial charge in [0.25, 0.3) is 0 Å². The third kappa shape index (κ3) is 11.1. The third-order valence-corrected chi connectivity index (χ3v) is 12.3. The van der Waals surface area contributed by atoms with Crippen LogP contribution in [0.3, 0.4) is 0 Å². The van der Waals surface area contributed by atoms with Gasteiger partial charge in [0.05, 0.1) is 42.8 Å². The highest BCUT2D eigenvalue weighted by molar-refractivity contribution is 6.00. The Morgan fingerprint density at radius 2 is 1.82 bits per heavy atom. The molecular formula is C44H65N5O12. The quantitative estimate of drug-likeness (QED) is 0.191. The fraction of sp³-hybridized carbons (Fsp3) is 0.682. The van der Waals surface area contributed by atoms with Gasteiger partial charge in [0.1, 0.15) is 42.3 Å². The number of amides is 1. The van der Waals surface area contributed by atoms with Crippen LogP contribution in [-0.4, -0.2) is 131 Å². The van der Waals surface area contributed by atoms with Gasteiger partial charge in [-0.25, -0.2) is 4.99 Å². The molecule has 0 saturated carbocycles. The zero-order valence-electron chi connectivity index (χ0n) is 37.3. The predicted molar refractivity (Wildman–Crippen MR) is 225 cm³/mol. The number of hydrogen-bond donors (Lipinski definition) is 3. The maximum absolute atomic E-state index is 14.5. The fourth-order valence-corrected chi connectivity index (χ4v) is 8.97. The number of carbonyl (C=O) groups excluding carboxylic acids is 3. The number of aromatic nitrogens is 1. The highest BCUT2D eigenvalue weighted by Gasteiger charge is 2.53. The largest absolute Gasteiger partial charge is 0.459 e. The molecule has 5 heterocycles. The molecule has 0 aliphatic carbocycles. The molecule has 2 aromatic heterocycles. The Bertz CT molecular complexity index is 1900. The average molecular weight is 856 g/mol. The number of esters is 1. The molecule has 0 aromatic carbocycles. The second-order valence-electron chi connectivity index (χ2n) is 17.6. The lowest BCUT2D eigenvalue weighted by Gasteiger charge is -2.47. The van der Waals surface area contributed by atoms with Crippen LogP contribution in [0, 0.1) is 23.7 Å². The molecule has 4 N–H and O–H groups in total. The van der Waals surface area contributed by atoms with Crippen molar-refractivity contribution in [2.75, 3.05) is 33.0 Å². The minimum absolute atomic E-state index is 0.0245. The number of furan rings is 1. The van der Waals surface area contributed by atoms with Crippen LogP contribution in [0.5, 0.6) is 0 Å². The molecule has 2 bridgehead atoms. The van der Waals surface area contributed by atoms with Crippen LogP contribution >= 0.6 is 0 Å². The van der Waals surface area contributed by atoms with Gasteiger partial charge in [0.2, 0.25) is 5.91 Å². The van der Waals surface area contributed by atoms with E-state index in [2.05, 4.69) is 15.1 Å². The lowest BCUT2D eigenvalue weighted by Crippen LogP contribution is -2.60. The first-order chi connectivity index (χ1) is 28.7. The number of aliphatic hydroxyl groups excluding tert-OH is 1. The number of oxime groups is 1. The number of nitrogen functional groups attached to an aromatic ring is 1. The molecule has 17 nitrogen and oxygen atoms in total. The molecule has 338 valence electrons. The lowest BCUT2D eigenvalue weighted by atomic mass is 9.73. The first-order valence-corrected chi connectivity index (χ1v) is 21.1.